The molecule has 1 aliphatic heterocycles. The summed E-state index contributed by atoms with van der Waals surface area (Å²) in [6.07, 6.45) is 6.41. The van der Waals surface area contributed by atoms with Crippen molar-refractivity contribution in [3.8, 4) is 0 Å². The number of hydrogen-bond acceptors (Lipinski definition) is 5. The van der Waals surface area contributed by atoms with E-state index in [1.807, 2.05) is 24.3 Å². The lowest BCUT2D eigenvalue weighted by atomic mass is 10.2. The summed E-state index contributed by atoms with van der Waals surface area (Å²) in [5.74, 6) is -0.432. The summed E-state index contributed by atoms with van der Waals surface area (Å²) in [5, 5.41) is 2.78. The molecule has 0 atom stereocenters. The predicted octanol–water partition coefficient (Wildman–Crippen LogP) is 1.45. The number of benzene rings is 1. The molecule has 30 heavy (non-hydrogen) atoms. The standard InChI is InChI=1S/C21H26N6O3/c1-24-14-22-19-18(24)20(29)27(21(30)25(19)2)13-17(28)23-15-7-9-16(10-8-15)26-11-5-3-4-6-12-26/h7-10,14H,3-6,11-13H2,1-2H3,(H,23,28). The van der Waals surface area contributed by atoms with Crippen LogP contribution in [0.1, 0.15) is 25.7 Å². The number of fused-ring (bicyclic) bond motifs is 1. The molecule has 1 aliphatic rings. The molecule has 3 aromatic rings. The first-order valence-electron chi connectivity index (χ1n) is 10.2. The molecule has 0 bridgehead atoms. The highest BCUT2D eigenvalue weighted by molar-refractivity contribution is 5.90. The van der Waals surface area contributed by atoms with Crippen LogP contribution in [0.2, 0.25) is 0 Å². The van der Waals surface area contributed by atoms with Crippen LogP contribution in [-0.4, -0.2) is 37.7 Å². The molecule has 158 valence electrons. The van der Waals surface area contributed by atoms with Crippen LogP contribution in [0, 0.1) is 0 Å². The average molecular weight is 410 g/mol. The fraction of sp³-hybridized carbons (Fsp3) is 0.429. The van der Waals surface area contributed by atoms with Gasteiger partial charge in [0.05, 0.1) is 6.33 Å². The maximum absolute atomic E-state index is 12.7. The van der Waals surface area contributed by atoms with Crippen LogP contribution in [0.4, 0.5) is 11.4 Å². The Hall–Kier alpha value is -3.36. The summed E-state index contributed by atoms with van der Waals surface area (Å²) in [5.41, 5.74) is 1.25. The van der Waals surface area contributed by atoms with Crippen molar-refractivity contribution < 1.29 is 4.79 Å². The molecular weight excluding hydrogens is 384 g/mol. The minimum absolute atomic E-state index is 0.284. The zero-order valence-electron chi connectivity index (χ0n) is 17.3. The molecule has 1 amide bonds. The zero-order chi connectivity index (χ0) is 21.3. The Kier molecular flexibility index (Phi) is 5.43. The molecule has 0 saturated carbocycles. The third kappa shape index (κ3) is 3.74. The van der Waals surface area contributed by atoms with Gasteiger partial charge in [-0.1, -0.05) is 12.8 Å². The minimum atomic E-state index is -0.571. The number of imidazole rings is 1. The lowest BCUT2D eigenvalue weighted by Crippen LogP contribution is -2.42. The topological polar surface area (TPSA) is 94.2 Å². The number of nitrogens with one attached hydrogen (secondary N) is 1. The van der Waals surface area contributed by atoms with E-state index in [4.69, 9.17) is 0 Å². The van der Waals surface area contributed by atoms with Crippen molar-refractivity contribution in [3.63, 3.8) is 0 Å². The van der Waals surface area contributed by atoms with Crippen LogP contribution in [0.3, 0.4) is 0 Å². The zero-order valence-corrected chi connectivity index (χ0v) is 17.3. The highest BCUT2D eigenvalue weighted by atomic mass is 16.2. The van der Waals surface area contributed by atoms with Gasteiger partial charge in [-0.15, -0.1) is 0 Å². The number of rotatable bonds is 4. The normalized spacial score (nSPS) is 14.7. The van der Waals surface area contributed by atoms with E-state index in [1.165, 1.54) is 43.6 Å². The first-order valence-corrected chi connectivity index (χ1v) is 10.2. The Morgan fingerprint density at radius 3 is 2.37 bits per heavy atom. The number of amides is 1. The molecule has 1 aromatic carbocycles. The van der Waals surface area contributed by atoms with Gasteiger partial charge >= 0.3 is 5.69 Å². The average Bonchev–Trinajstić information content (AvgIpc) is 2.94. The van der Waals surface area contributed by atoms with E-state index < -0.39 is 17.2 Å². The van der Waals surface area contributed by atoms with Gasteiger partial charge in [0.1, 0.15) is 6.54 Å². The number of aromatic nitrogens is 4. The van der Waals surface area contributed by atoms with Crippen molar-refractivity contribution in [2.24, 2.45) is 14.1 Å². The lowest BCUT2D eigenvalue weighted by molar-refractivity contribution is -0.116. The first-order chi connectivity index (χ1) is 14.5. The van der Waals surface area contributed by atoms with Crippen molar-refractivity contribution in [1.82, 2.24) is 18.7 Å². The highest BCUT2D eigenvalue weighted by Crippen LogP contribution is 2.21. The van der Waals surface area contributed by atoms with Crippen LogP contribution in [-0.2, 0) is 25.4 Å². The second-order valence-electron chi connectivity index (χ2n) is 7.76. The number of hydrogen-bond donors (Lipinski definition) is 1. The quantitative estimate of drug-likeness (QED) is 0.703. The van der Waals surface area contributed by atoms with E-state index in [-0.39, 0.29) is 12.1 Å². The summed E-state index contributed by atoms with van der Waals surface area (Å²) in [4.78, 5) is 44.3. The van der Waals surface area contributed by atoms with Crippen molar-refractivity contribution in [2.45, 2.75) is 32.2 Å². The Labute approximate surface area is 173 Å². The second kappa shape index (κ2) is 8.17. The Morgan fingerprint density at radius 1 is 1.03 bits per heavy atom. The Morgan fingerprint density at radius 2 is 1.70 bits per heavy atom. The fourth-order valence-electron chi connectivity index (χ4n) is 3.96. The molecule has 3 heterocycles. The second-order valence-corrected chi connectivity index (χ2v) is 7.76. The largest absolute Gasteiger partial charge is 0.372 e. The van der Waals surface area contributed by atoms with Crippen LogP contribution < -0.4 is 21.5 Å². The molecule has 1 N–H and O–H groups in total. The first kappa shape index (κ1) is 19.9. The Balaban J connectivity index is 1.51. The van der Waals surface area contributed by atoms with E-state index in [0.29, 0.717) is 11.3 Å². The van der Waals surface area contributed by atoms with E-state index >= 15 is 0 Å². The maximum Gasteiger partial charge on any atom is 0.332 e. The molecule has 0 aliphatic carbocycles. The van der Waals surface area contributed by atoms with E-state index in [2.05, 4.69) is 15.2 Å². The van der Waals surface area contributed by atoms with Gasteiger partial charge in [0.2, 0.25) is 5.91 Å². The molecule has 9 heteroatoms. The Bertz CT molecular complexity index is 1180. The highest BCUT2D eigenvalue weighted by Gasteiger charge is 2.17. The van der Waals surface area contributed by atoms with Crippen molar-refractivity contribution in [2.75, 3.05) is 23.3 Å². The lowest BCUT2D eigenvalue weighted by Gasteiger charge is -2.22. The summed E-state index contributed by atoms with van der Waals surface area (Å²) in [6, 6.07) is 7.69. The number of anilines is 2. The van der Waals surface area contributed by atoms with Gasteiger partial charge in [-0.05, 0) is 37.1 Å². The number of nitrogens with zero attached hydrogens (tertiary/aromatic N) is 5. The molecule has 2 aromatic heterocycles. The summed E-state index contributed by atoms with van der Waals surface area (Å²) < 4.78 is 3.76. The molecule has 4 rings (SSSR count). The molecule has 1 fully saturated rings. The molecule has 0 radical (unpaired) electrons. The van der Waals surface area contributed by atoms with Crippen molar-refractivity contribution in [1.29, 1.82) is 0 Å². The van der Waals surface area contributed by atoms with Gasteiger partial charge < -0.3 is 14.8 Å². The summed E-state index contributed by atoms with van der Waals surface area (Å²) >= 11 is 0. The SMILES string of the molecule is Cn1cnc2c1c(=O)n(CC(=O)Nc1ccc(N3CCCCCC3)cc1)c(=O)n2C. The van der Waals surface area contributed by atoms with Crippen LogP contribution in [0.15, 0.2) is 40.2 Å². The number of carbonyl (C=O) groups excluding carboxylic acids is 1. The van der Waals surface area contributed by atoms with E-state index in [1.54, 1.807) is 11.6 Å². The molecular formula is C21H26N6O3. The van der Waals surface area contributed by atoms with Crippen LogP contribution in [0.5, 0.6) is 0 Å². The predicted molar refractivity (Wildman–Crippen MR) is 116 cm³/mol. The smallest absolute Gasteiger partial charge is 0.332 e. The van der Waals surface area contributed by atoms with Gasteiger partial charge in [0.25, 0.3) is 5.56 Å². The maximum atomic E-state index is 12.7. The van der Waals surface area contributed by atoms with Gasteiger partial charge in [0.15, 0.2) is 11.2 Å². The molecule has 1 saturated heterocycles. The fourth-order valence-corrected chi connectivity index (χ4v) is 3.96. The number of carbonyl (C=O) groups is 1. The third-order valence-corrected chi connectivity index (χ3v) is 5.62. The molecule has 0 spiro atoms. The van der Waals surface area contributed by atoms with Gasteiger partial charge in [-0.3, -0.25) is 14.2 Å². The summed E-state index contributed by atoms with van der Waals surface area (Å²) in [6.45, 7) is 1.74. The van der Waals surface area contributed by atoms with Crippen LogP contribution in [0.25, 0.3) is 11.2 Å². The van der Waals surface area contributed by atoms with E-state index in [0.717, 1.165) is 23.3 Å². The van der Waals surface area contributed by atoms with Crippen molar-refractivity contribution in [3.05, 3.63) is 51.4 Å². The number of aryl methyl sites for hydroxylation is 2. The molecule has 0 unspecified atom stereocenters. The van der Waals surface area contributed by atoms with Gasteiger partial charge in [-0.2, -0.15) is 0 Å². The van der Waals surface area contributed by atoms with E-state index in [9.17, 15) is 14.4 Å². The van der Waals surface area contributed by atoms with Gasteiger partial charge in [-0.25, -0.2) is 14.3 Å². The molecule has 9 nitrogen and oxygen atoms in total. The summed E-state index contributed by atoms with van der Waals surface area (Å²) in [7, 11) is 3.21. The van der Waals surface area contributed by atoms with Gasteiger partial charge in [0, 0.05) is 38.6 Å². The minimum Gasteiger partial charge on any atom is -0.372 e. The van der Waals surface area contributed by atoms with Crippen molar-refractivity contribution >= 4 is 28.4 Å². The third-order valence-electron chi connectivity index (χ3n) is 5.62. The van der Waals surface area contributed by atoms with Crippen LogP contribution >= 0.6 is 0 Å². The monoisotopic (exact) mass is 410 g/mol.